The van der Waals surface area contributed by atoms with Crippen molar-refractivity contribution in [3.63, 3.8) is 0 Å². The monoisotopic (exact) mass is 302 g/mol. The van der Waals surface area contributed by atoms with Gasteiger partial charge in [0.15, 0.2) is 0 Å². The molecule has 0 saturated heterocycles. The Morgan fingerprint density at radius 1 is 1.35 bits per heavy atom. The lowest BCUT2D eigenvalue weighted by molar-refractivity contribution is 0.0528. The molecular formula is C14H20ClFN2O2. The van der Waals surface area contributed by atoms with E-state index in [1.54, 1.807) is 26.8 Å². The number of carbonyl (C=O) groups is 1. The van der Waals surface area contributed by atoms with Gasteiger partial charge in [0.25, 0.3) is 0 Å². The van der Waals surface area contributed by atoms with Crippen molar-refractivity contribution in [2.24, 2.45) is 0 Å². The second kappa shape index (κ2) is 7.45. The fraction of sp³-hybridized carbons (Fsp3) is 0.500. The average Bonchev–Trinajstić information content (AvgIpc) is 2.31. The lowest BCUT2D eigenvalue weighted by Gasteiger charge is -2.19. The average molecular weight is 303 g/mol. The van der Waals surface area contributed by atoms with Crippen molar-refractivity contribution in [3.8, 4) is 0 Å². The number of hydrogen-bond donors (Lipinski definition) is 2. The zero-order valence-electron chi connectivity index (χ0n) is 11.9. The first kappa shape index (κ1) is 16.7. The second-order valence-electron chi connectivity index (χ2n) is 5.35. The predicted octanol–water partition coefficient (Wildman–Crippen LogP) is 3.09. The maximum Gasteiger partial charge on any atom is 0.407 e. The third-order valence-electron chi connectivity index (χ3n) is 2.28. The number of ether oxygens (including phenoxy) is 1. The summed E-state index contributed by atoms with van der Waals surface area (Å²) < 4.78 is 18.3. The van der Waals surface area contributed by atoms with Crippen LogP contribution in [-0.2, 0) is 11.3 Å². The quantitative estimate of drug-likeness (QED) is 0.822. The summed E-state index contributed by atoms with van der Waals surface area (Å²) in [5.74, 6) is -0.433. The van der Waals surface area contributed by atoms with Crippen LogP contribution in [0.5, 0.6) is 0 Å². The molecule has 0 spiro atoms. The molecule has 0 unspecified atom stereocenters. The molecule has 0 radical (unpaired) electrons. The van der Waals surface area contributed by atoms with Crippen LogP contribution in [0.4, 0.5) is 9.18 Å². The van der Waals surface area contributed by atoms with Crippen molar-refractivity contribution >= 4 is 17.7 Å². The predicted molar refractivity (Wildman–Crippen MR) is 77.4 cm³/mol. The first-order chi connectivity index (χ1) is 9.28. The number of benzene rings is 1. The van der Waals surface area contributed by atoms with Gasteiger partial charge in [-0.2, -0.15) is 0 Å². The zero-order chi connectivity index (χ0) is 15.2. The molecule has 1 rings (SSSR count). The molecule has 0 aliphatic rings. The molecule has 0 heterocycles. The van der Waals surface area contributed by atoms with Crippen molar-refractivity contribution in [2.75, 3.05) is 13.1 Å². The van der Waals surface area contributed by atoms with E-state index in [1.807, 2.05) is 0 Å². The van der Waals surface area contributed by atoms with E-state index in [0.717, 1.165) is 5.56 Å². The minimum absolute atomic E-state index is 0.111. The van der Waals surface area contributed by atoms with Crippen molar-refractivity contribution in [1.82, 2.24) is 10.6 Å². The highest BCUT2D eigenvalue weighted by Crippen LogP contribution is 2.15. The van der Waals surface area contributed by atoms with Crippen LogP contribution in [0, 0.1) is 5.82 Å². The van der Waals surface area contributed by atoms with Crippen molar-refractivity contribution in [2.45, 2.75) is 32.9 Å². The van der Waals surface area contributed by atoms with E-state index in [1.165, 1.54) is 12.1 Å². The van der Waals surface area contributed by atoms with Gasteiger partial charge in [-0.3, -0.25) is 0 Å². The van der Waals surface area contributed by atoms with Crippen LogP contribution in [-0.4, -0.2) is 24.8 Å². The molecule has 0 saturated carbocycles. The van der Waals surface area contributed by atoms with Crippen LogP contribution in [0.3, 0.4) is 0 Å². The molecule has 0 fully saturated rings. The summed E-state index contributed by atoms with van der Waals surface area (Å²) in [4.78, 5) is 11.3. The van der Waals surface area contributed by atoms with Crippen molar-refractivity contribution in [3.05, 3.63) is 34.6 Å². The molecule has 112 valence electrons. The summed E-state index contributed by atoms with van der Waals surface area (Å²) in [6, 6.07) is 4.66. The van der Waals surface area contributed by atoms with Crippen LogP contribution in [0.1, 0.15) is 26.3 Å². The highest BCUT2D eigenvalue weighted by molar-refractivity contribution is 6.30. The molecule has 20 heavy (non-hydrogen) atoms. The van der Waals surface area contributed by atoms with Crippen LogP contribution in [0.2, 0.25) is 5.02 Å². The molecule has 2 N–H and O–H groups in total. The lowest BCUT2D eigenvalue weighted by Crippen LogP contribution is -2.36. The van der Waals surface area contributed by atoms with E-state index < -0.39 is 17.5 Å². The summed E-state index contributed by atoms with van der Waals surface area (Å²) in [6.07, 6.45) is -0.447. The molecule has 0 bridgehead atoms. The van der Waals surface area contributed by atoms with E-state index in [2.05, 4.69) is 10.6 Å². The van der Waals surface area contributed by atoms with Gasteiger partial charge in [0.1, 0.15) is 11.4 Å². The number of alkyl carbamates (subject to hydrolysis) is 1. The minimum Gasteiger partial charge on any atom is -0.444 e. The van der Waals surface area contributed by atoms with E-state index in [9.17, 15) is 9.18 Å². The van der Waals surface area contributed by atoms with Gasteiger partial charge in [-0.15, -0.1) is 0 Å². The Labute approximate surface area is 123 Å². The van der Waals surface area contributed by atoms with Gasteiger partial charge in [0, 0.05) is 19.6 Å². The molecular weight excluding hydrogens is 283 g/mol. The molecule has 0 aliphatic carbocycles. The Kier molecular flexibility index (Phi) is 6.23. The first-order valence-corrected chi connectivity index (χ1v) is 6.77. The highest BCUT2D eigenvalue weighted by Gasteiger charge is 2.15. The Balaban J connectivity index is 2.19. The molecule has 1 amide bonds. The fourth-order valence-corrected chi connectivity index (χ4v) is 1.57. The Morgan fingerprint density at radius 2 is 2.05 bits per heavy atom. The molecule has 0 atom stereocenters. The largest absolute Gasteiger partial charge is 0.444 e. The Hall–Kier alpha value is -1.33. The number of amides is 1. The molecule has 1 aromatic carbocycles. The van der Waals surface area contributed by atoms with Gasteiger partial charge in [0.05, 0.1) is 5.02 Å². The van der Waals surface area contributed by atoms with Crippen molar-refractivity contribution < 1.29 is 13.9 Å². The number of nitrogens with one attached hydrogen (secondary N) is 2. The highest BCUT2D eigenvalue weighted by atomic mass is 35.5. The van der Waals surface area contributed by atoms with Crippen LogP contribution >= 0.6 is 11.6 Å². The zero-order valence-corrected chi connectivity index (χ0v) is 12.7. The second-order valence-corrected chi connectivity index (χ2v) is 5.76. The molecule has 0 aromatic heterocycles. The van der Waals surface area contributed by atoms with Crippen molar-refractivity contribution in [1.29, 1.82) is 0 Å². The van der Waals surface area contributed by atoms with Gasteiger partial charge >= 0.3 is 6.09 Å². The number of rotatable bonds is 5. The SMILES string of the molecule is CC(C)(C)OC(=O)NCCNCc1ccc(Cl)c(F)c1. The van der Waals surface area contributed by atoms with Gasteiger partial charge in [-0.1, -0.05) is 17.7 Å². The van der Waals surface area contributed by atoms with Crippen LogP contribution < -0.4 is 10.6 Å². The maximum atomic E-state index is 13.2. The Morgan fingerprint density at radius 3 is 2.65 bits per heavy atom. The van der Waals surface area contributed by atoms with Crippen LogP contribution in [0.15, 0.2) is 18.2 Å². The van der Waals surface area contributed by atoms with E-state index in [4.69, 9.17) is 16.3 Å². The molecule has 6 heteroatoms. The van der Waals surface area contributed by atoms with E-state index >= 15 is 0 Å². The summed E-state index contributed by atoms with van der Waals surface area (Å²) in [5, 5.41) is 5.83. The van der Waals surface area contributed by atoms with Gasteiger partial charge in [0.2, 0.25) is 0 Å². The third-order valence-corrected chi connectivity index (χ3v) is 2.59. The van der Waals surface area contributed by atoms with Gasteiger partial charge in [-0.05, 0) is 38.5 Å². The first-order valence-electron chi connectivity index (χ1n) is 6.39. The summed E-state index contributed by atoms with van der Waals surface area (Å²) in [6.45, 7) is 6.91. The third kappa shape index (κ3) is 6.73. The molecule has 1 aromatic rings. The Bertz CT molecular complexity index is 461. The van der Waals surface area contributed by atoms with Gasteiger partial charge < -0.3 is 15.4 Å². The molecule has 4 nitrogen and oxygen atoms in total. The topological polar surface area (TPSA) is 50.4 Å². The summed E-state index contributed by atoms with van der Waals surface area (Å²) in [5.41, 5.74) is 0.294. The normalized spacial score (nSPS) is 11.2. The van der Waals surface area contributed by atoms with Crippen LogP contribution in [0.25, 0.3) is 0 Å². The summed E-state index contributed by atoms with van der Waals surface area (Å²) in [7, 11) is 0. The van der Waals surface area contributed by atoms with Gasteiger partial charge in [-0.25, -0.2) is 9.18 Å². The maximum absolute atomic E-state index is 13.2. The number of carbonyl (C=O) groups excluding carboxylic acids is 1. The van der Waals surface area contributed by atoms with E-state index in [-0.39, 0.29) is 5.02 Å². The lowest BCUT2D eigenvalue weighted by atomic mass is 10.2. The minimum atomic E-state index is -0.502. The number of hydrogen-bond acceptors (Lipinski definition) is 3. The smallest absolute Gasteiger partial charge is 0.407 e. The number of halogens is 2. The fourth-order valence-electron chi connectivity index (χ4n) is 1.45. The molecule has 0 aliphatic heterocycles. The summed E-state index contributed by atoms with van der Waals surface area (Å²) >= 11 is 5.60. The van der Waals surface area contributed by atoms with E-state index in [0.29, 0.717) is 19.6 Å². The standard InChI is InChI=1S/C14H20ClFN2O2/c1-14(2,3)20-13(19)18-7-6-17-9-10-4-5-11(15)12(16)8-10/h4-5,8,17H,6-7,9H2,1-3H3,(H,18,19).